The third-order valence-corrected chi connectivity index (χ3v) is 4.22. The Bertz CT molecular complexity index is 961. The van der Waals surface area contributed by atoms with Crippen molar-refractivity contribution < 1.29 is 9.59 Å². The maximum atomic E-state index is 12.9. The second-order valence-electron chi connectivity index (χ2n) is 5.29. The number of nitrogens with zero attached hydrogens (tertiary/aromatic N) is 1. The Balaban J connectivity index is 1.99. The van der Waals surface area contributed by atoms with Crippen LogP contribution >= 0.6 is 11.6 Å². The van der Waals surface area contributed by atoms with Crippen molar-refractivity contribution in [3.8, 4) is 11.1 Å². The van der Waals surface area contributed by atoms with E-state index in [1.165, 1.54) is 0 Å². The first kappa shape index (κ1) is 13.9. The SMILES string of the molecule is O=C1c2ccccc2C(=O)c2c(-c3ccc(Cl)cc3)ccnc21. The summed E-state index contributed by atoms with van der Waals surface area (Å²) in [5.74, 6) is -0.390. The molecule has 4 heteroatoms. The van der Waals surface area contributed by atoms with Gasteiger partial charge >= 0.3 is 0 Å². The molecule has 0 N–H and O–H groups in total. The highest BCUT2D eigenvalue weighted by atomic mass is 35.5. The summed E-state index contributed by atoms with van der Waals surface area (Å²) in [5.41, 5.74) is 2.92. The molecule has 23 heavy (non-hydrogen) atoms. The van der Waals surface area contributed by atoms with Crippen molar-refractivity contribution in [3.05, 3.63) is 88.2 Å². The van der Waals surface area contributed by atoms with Gasteiger partial charge in [0.1, 0.15) is 5.69 Å². The predicted molar refractivity (Wildman–Crippen MR) is 88.0 cm³/mol. The van der Waals surface area contributed by atoms with Crippen LogP contribution in [0.3, 0.4) is 0 Å². The lowest BCUT2D eigenvalue weighted by molar-refractivity contribution is 0.0976. The van der Waals surface area contributed by atoms with Crippen LogP contribution < -0.4 is 0 Å². The number of carbonyl (C=O) groups excluding carboxylic acids is 2. The molecule has 0 atom stereocenters. The Morgan fingerprint density at radius 1 is 0.739 bits per heavy atom. The van der Waals surface area contributed by atoms with Crippen molar-refractivity contribution in [2.75, 3.05) is 0 Å². The molecule has 1 aromatic heterocycles. The van der Waals surface area contributed by atoms with Gasteiger partial charge in [-0.3, -0.25) is 14.6 Å². The molecule has 2 aromatic carbocycles. The molecule has 1 aliphatic carbocycles. The zero-order chi connectivity index (χ0) is 16.0. The zero-order valence-electron chi connectivity index (χ0n) is 11.9. The molecule has 4 rings (SSSR count). The van der Waals surface area contributed by atoms with Gasteiger partial charge in [-0.25, -0.2) is 0 Å². The normalized spacial score (nSPS) is 12.7. The first-order chi connectivity index (χ1) is 11.2. The predicted octanol–water partition coefficient (Wildman–Crippen LogP) is 4.18. The van der Waals surface area contributed by atoms with Crippen LogP contribution in [0.5, 0.6) is 0 Å². The minimum absolute atomic E-state index is 0.173. The van der Waals surface area contributed by atoms with E-state index in [2.05, 4.69) is 4.98 Å². The molecule has 0 fully saturated rings. The van der Waals surface area contributed by atoms with E-state index in [-0.39, 0.29) is 17.3 Å². The topological polar surface area (TPSA) is 47.0 Å². The summed E-state index contributed by atoms with van der Waals surface area (Å²) in [4.78, 5) is 29.7. The summed E-state index contributed by atoms with van der Waals surface area (Å²) >= 11 is 5.93. The first-order valence-corrected chi connectivity index (χ1v) is 7.48. The summed E-state index contributed by atoms with van der Waals surface area (Å²) in [6.07, 6.45) is 1.56. The van der Waals surface area contributed by atoms with Crippen LogP contribution in [0.4, 0.5) is 0 Å². The number of ketones is 2. The molecule has 0 bridgehead atoms. The molecule has 0 unspecified atom stereocenters. The third-order valence-electron chi connectivity index (χ3n) is 3.96. The van der Waals surface area contributed by atoms with Crippen LogP contribution in [-0.2, 0) is 0 Å². The summed E-state index contributed by atoms with van der Waals surface area (Å²) in [5, 5.41) is 0.615. The fourth-order valence-electron chi connectivity index (χ4n) is 2.88. The van der Waals surface area contributed by atoms with E-state index in [0.29, 0.717) is 27.3 Å². The molecule has 3 nitrogen and oxygen atoms in total. The van der Waals surface area contributed by atoms with Gasteiger partial charge < -0.3 is 0 Å². The average molecular weight is 320 g/mol. The number of hydrogen-bond donors (Lipinski definition) is 0. The van der Waals surface area contributed by atoms with Gasteiger partial charge in [0, 0.05) is 22.3 Å². The quantitative estimate of drug-likeness (QED) is 0.529. The number of carbonyl (C=O) groups is 2. The minimum Gasteiger partial charge on any atom is -0.288 e. The van der Waals surface area contributed by atoms with E-state index >= 15 is 0 Å². The van der Waals surface area contributed by atoms with Crippen molar-refractivity contribution >= 4 is 23.2 Å². The number of rotatable bonds is 1. The van der Waals surface area contributed by atoms with Crippen LogP contribution in [0.15, 0.2) is 60.8 Å². The van der Waals surface area contributed by atoms with Crippen LogP contribution in [0, 0.1) is 0 Å². The number of hydrogen-bond acceptors (Lipinski definition) is 3. The maximum Gasteiger partial charge on any atom is 0.212 e. The molecule has 0 aliphatic heterocycles. The van der Waals surface area contributed by atoms with E-state index in [1.54, 1.807) is 48.7 Å². The summed E-state index contributed by atoms with van der Waals surface area (Å²) in [6.45, 7) is 0. The molecule has 3 aromatic rings. The molecular weight excluding hydrogens is 310 g/mol. The largest absolute Gasteiger partial charge is 0.288 e. The van der Waals surface area contributed by atoms with E-state index in [9.17, 15) is 9.59 Å². The molecule has 0 saturated carbocycles. The van der Waals surface area contributed by atoms with E-state index < -0.39 is 0 Å². The van der Waals surface area contributed by atoms with Gasteiger partial charge in [0.25, 0.3) is 0 Å². The van der Waals surface area contributed by atoms with Gasteiger partial charge in [0.05, 0.1) is 5.56 Å². The van der Waals surface area contributed by atoms with E-state index in [4.69, 9.17) is 11.6 Å². The van der Waals surface area contributed by atoms with Crippen molar-refractivity contribution in [2.24, 2.45) is 0 Å². The zero-order valence-corrected chi connectivity index (χ0v) is 12.7. The summed E-state index contributed by atoms with van der Waals surface area (Å²) in [6, 6.07) is 15.8. The van der Waals surface area contributed by atoms with E-state index in [1.807, 2.05) is 12.1 Å². The lowest BCUT2D eigenvalue weighted by Gasteiger charge is -2.19. The fraction of sp³-hybridized carbons (Fsp3) is 0. The molecule has 110 valence electrons. The standard InChI is InChI=1S/C19H10ClNO2/c20-12-7-5-11(6-8-12)13-9-10-21-17-16(13)18(22)14-3-1-2-4-15(14)19(17)23/h1-10H. The lowest BCUT2D eigenvalue weighted by Crippen LogP contribution is -2.23. The monoisotopic (exact) mass is 319 g/mol. The highest BCUT2D eigenvalue weighted by Gasteiger charge is 2.32. The highest BCUT2D eigenvalue weighted by molar-refractivity contribution is 6.31. The van der Waals surface area contributed by atoms with Gasteiger partial charge in [-0.2, -0.15) is 0 Å². The Morgan fingerprint density at radius 2 is 1.39 bits per heavy atom. The van der Waals surface area contributed by atoms with Crippen molar-refractivity contribution in [1.29, 1.82) is 0 Å². The lowest BCUT2D eigenvalue weighted by atomic mass is 9.83. The van der Waals surface area contributed by atoms with Crippen molar-refractivity contribution in [2.45, 2.75) is 0 Å². The van der Waals surface area contributed by atoms with Gasteiger partial charge in [-0.15, -0.1) is 0 Å². The van der Waals surface area contributed by atoms with Crippen LogP contribution in [0.1, 0.15) is 32.0 Å². The second kappa shape index (κ2) is 5.14. The number of benzene rings is 2. The number of aromatic nitrogens is 1. The first-order valence-electron chi connectivity index (χ1n) is 7.10. The third kappa shape index (κ3) is 2.09. The van der Waals surface area contributed by atoms with Crippen LogP contribution in [0.2, 0.25) is 5.02 Å². The minimum atomic E-state index is -0.217. The Hall–Kier alpha value is -2.78. The maximum absolute atomic E-state index is 12.9. The summed E-state index contributed by atoms with van der Waals surface area (Å²) < 4.78 is 0. The Labute approximate surface area is 137 Å². The summed E-state index contributed by atoms with van der Waals surface area (Å²) in [7, 11) is 0. The van der Waals surface area contributed by atoms with Crippen LogP contribution in [0.25, 0.3) is 11.1 Å². The molecule has 1 heterocycles. The smallest absolute Gasteiger partial charge is 0.212 e. The van der Waals surface area contributed by atoms with Gasteiger partial charge in [-0.05, 0) is 29.3 Å². The van der Waals surface area contributed by atoms with Gasteiger partial charge in [0.15, 0.2) is 5.78 Å². The number of fused-ring (bicyclic) bond motifs is 2. The average Bonchev–Trinajstić information content (AvgIpc) is 2.60. The highest BCUT2D eigenvalue weighted by Crippen LogP contribution is 2.33. The number of pyridine rings is 1. The van der Waals surface area contributed by atoms with Crippen LogP contribution in [-0.4, -0.2) is 16.6 Å². The molecule has 0 saturated heterocycles. The molecular formula is C19H10ClNO2. The number of halogens is 1. The molecule has 0 amide bonds. The van der Waals surface area contributed by atoms with E-state index in [0.717, 1.165) is 5.56 Å². The Kier molecular flexibility index (Phi) is 3.10. The van der Waals surface area contributed by atoms with Gasteiger partial charge in [-0.1, -0.05) is 48.0 Å². The fourth-order valence-corrected chi connectivity index (χ4v) is 3.00. The second-order valence-corrected chi connectivity index (χ2v) is 5.73. The van der Waals surface area contributed by atoms with Crippen molar-refractivity contribution in [1.82, 2.24) is 4.98 Å². The molecule has 0 spiro atoms. The van der Waals surface area contributed by atoms with Gasteiger partial charge in [0.2, 0.25) is 5.78 Å². The molecule has 0 radical (unpaired) electrons. The Morgan fingerprint density at radius 3 is 2.09 bits per heavy atom. The molecule has 1 aliphatic rings. The van der Waals surface area contributed by atoms with Crippen molar-refractivity contribution in [3.63, 3.8) is 0 Å².